The molecule has 2 fully saturated rings. The van der Waals surface area contributed by atoms with Crippen LogP contribution in [-0.2, 0) is 4.79 Å². The van der Waals surface area contributed by atoms with Gasteiger partial charge in [0.1, 0.15) is 29.7 Å². The quantitative estimate of drug-likeness (QED) is 0.279. The number of amides is 1. The molecule has 2 aromatic carbocycles. The van der Waals surface area contributed by atoms with Gasteiger partial charge in [-0.25, -0.2) is 20.0 Å². The lowest BCUT2D eigenvalue weighted by molar-refractivity contribution is -0.174. The lowest BCUT2D eigenvalue weighted by Gasteiger charge is -2.63. The van der Waals surface area contributed by atoms with E-state index >= 15 is 0 Å². The normalized spacial score (nSPS) is 22.4. The van der Waals surface area contributed by atoms with Crippen LogP contribution in [0.4, 0.5) is 0 Å². The topological polar surface area (TPSA) is 161 Å². The second-order valence-electron chi connectivity index (χ2n) is 11.8. The number of ether oxygens (including phenoxy) is 2. The molecule has 12 heteroatoms. The van der Waals surface area contributed by atoms with Crippen molar-refractivity contribution in [1.82, 2.24) is 15.8 Å². The molecular formula is C30H35ClN4O7. The van der Waals surface area contributed by atoms with E-state index in [1.165, 1.54) is 18.2 Å². The third kappa shape index (κ3) is 6.31. The Morgan fingerprint density at radius 3 is 2.36 bits per heavy atom. The minimum Gasteiger partial charge on any atom is -0.494 e. The monoisotopic (exact) mass is 598 g/mol. The van der Waals surface area contributed by atoms with Crippen LogP contribution in [-0.4, -0.2) is 71.0 Å². The minimum absolute atomic E-state index is 0.0838. The van der Waals surface area contributed by atoms with Crippen LogP contribution in [0, 0.1) is 22.2 Å². The van der Waals surface area contributed by atoms with Crippen LogP contribution < -0.4 is 20.2 Å². The Morgan fingerprint density at radius 1 is 1.07 bits per heavy atom. The standard InChI is InChI=1S/C30H35ClN4O7/c1-29(2)27(30(3,4)28(29)42-19-7-6-17(16-32)22(31)15-19)33-24(36)23-10-12-35(34-23)11-5-13-41-18-8-9-20(25(37)38)21(14-18)26(39)40/h6-9,14-15,23,27-28,34H,5,10-13H2,1-4H3,(H,33,36)(H,37,38)(H,39,40)/t23?,27-,28-. The molecule has 2 aromatic rings. The first kappa shape index (κ1) is 31.1. The van der Waals surface area contributed by atoms with Gasteiger partial charge in [-0.15, -0.1) is 0 Å². The molecule has 0 radical (unpaired) electrons. The van der Waals surface area contributed by atoms with Crippen LogP contribution in [0.25, 0.3) is 0 Å². The molecular weight excluding hydrogens is 564 g/mol. The van der Waals surface area contributed by atoms with Crippen molar-refractivity contribution in [2.75, 3.05) is 19.7 Å². The maximum Gasteiger partial charge on any atom is 0.336 e. The highest BCUT2D eigenvalue weighted by Crippen LogP contribution is 2.55. The SMILES string of the molecule is CC1(C)[C@H](NC(=O)C2CCN(CCCOc3ccc(C(=O)O)c(C(=O)O)c3)N2)C(C)(C)[C@H]1Oc1ccc(C#N)c(Cl)c1. The van der Waals surface area contributed by atoms with Crippen molar-refractivity contribution in [3.8, 4) is 17.6 Å². The molecule has 11 nitrogen and oxygen atoms in total. The third-order valence-electron chi connectivity index (χ3n) is 8.08. The molecule has 1 atom stereocenters. The summed E-state index contributed by atoms with van der Waals surface area (Å²) in [7, 11) is 0. The van der Waals surface area contributed by atoms with Crippen LogP contribution >= 0.6 is 11.6 Å². The Bertz CT molecular complexity index is 1400. The first-order valence-electron chi connectivity index (χ1n) is 13.7. The molecule has 0 aromatic heterocycles. The second-order valence-corrected chi connectivity index (χ2v) is 12.2. The number of hydrogen-bond acceptors (Lipinski definition) is 8. The average Bonchev–Trinajstić information content (AvgIpc) is 3.41. The van der Waals surface area contributed by atoms with Crippen LogP contribution in [0.3, 0.4) is 0 Å². The van der Waals surface area contributed by atoms with Crippen LogP contribution in [0.2, 0.25) is 5.02 Å². The van der Waals surface area contributed by atoms with Gasteiger partial charge >= 0.3 is 11.9 Å². The molecule has 42 heavy (non-hydrogen) atoms. The summed E-state index contributed by atoms with van der Waals surface area (Å²) in [6.07, 6.45) is 1.05. The van der Waals surface area contributed by atoms with E-state index < -0.39 is 11.9 Å². The number of carbonyl (C=O) groups is 3. The highest BCUT2D eigenvalue weighted by molar-refractivity contribution is 6.31. The van der Waals surface area contributed by atoms with Crippen LogP contribution in [0.5, 0.6) is 11.5 Å². The van der Waals surface area contributed by atoms with E-state index in [1.807, 2.05) is 11.1 Å². The Balaban J connectivity index is 1.25. The van der Waals surface area contributed by atoms with Crippen molar-refractivity contribution in [3.63, 3.8) is 0 Å². The Labute approximate surface area is 249 Å². The van der Waals surface area contributed by atoms with Crippen molar-refractivity contribution in [1.29, 1.82) is 5.26 Å². The number of rotatable bonds is 11. The fourth-order valence-electron chi connectivity index (χ4n) is 6.26. The van der Waals surface area contributed by atoms with Gasteiger partial charge < -0.3 is 25.0 Å². The number of halogens is 1. The fraction of sp³-hybridized carbons (Fsp3) is 0.467. The molecule has 4 rings (SSSR count). The van der Waals surface area contributed by atoms with Gasteiger partial charge in [-0.1, -0.05) is 39.3 Å². The zero-order valence-electron chi connectivity index (χ0n) is 23.9. The van der Waals surface area contributed by atoms with Gasteiger partial charge in [-0.05, 0) is 43.2 Å². The molecule has 2 aliphatic rings. The van der Waals surface area contributed by atoms with E-state index in [9.17, 15) is 19.5 Å². The van der Waals surface area contributed by atoms with Gasteiger partial charge in [0.2, 0.25) is 5.91 Å². The smallest absolute Gasteiger partial charge is 0.336 e. The molecule has 0 spiro atoms. The minimum atomic E-state index is -1.34. The van der Waals surface area contributed by atoms with E-state index in [4.69, 9.17) is 31.4 Å². The maximum atomic E-state index is 13.2. The Kier molecular flexibility index (Phi) is 9.01. The second kappa shape index (κ2) is 12.2. The summed E-state index contributed by atoms with van der Waals surface area (Å²) in [6.45, 7) is 9.80. The van der Waals surface area contributed by atoms with Crippen LogP contribution in [0.1, 0.15) is 66.8 Å². The first-order chi connectivity index (χ1) is 19.7. The van der Waals surface area contributed by atoms with Crippen LogP contribution in [0.15, 0.2) is 36.4 Å². The summed E-state index contributed by atoms with van der Waals surface area (Å²) in [5.74, 6) is -1.88. The number of carboxylic acid groups (broad SMARTS) is 2. The summed E-state index contributed by atoms with van der Waals surface area (Å²) in [5.41, 5.74) is 2.29. The Morgan fingerprint density at radius 2 is 1.74 bits per heavy atom. The zero-order valence-corrected chi connectivity index (χ0v) is 24.7. The molecule has 4 N–H and O–H groups in total. The molecule has 1 heterocycles. The van der Waals surface area contributed by atoms with E-state index in [0.29, 0.717) is 42.3 Å². The van der Waals surface area contributed by atoms with Gasteiger partial charge in [-0.2, -0.15) is 5.26 Å². The highest BCUT2D eigenvalue weighted by Gasteiger charge is 2.64. The molecule has 1 saturated carbocycles. The van der Waals surface area contributed by atoms with Crippen molar-refractivity contribution >= 4 is 29.4 Å². The number of nitrogens with one attached hydrogen (secondary N) is 2. The maximum absolute atomic E-state index is 13.2. The molecule has 1 unspecified atom stereocenters. The highest BCUT2D eigenvalue weighted by atomic mass is 35.5. The van der Waals surface area contributed by atoms with Crippen molar-refractivity contribution < 1.29 is 34.1 Å². The molecule has 1 saturated heterocycles. The van der Waals surface area contributed by atoms with Gasteiger partial charge in [0.25, 0.3) is 0 Å². The number of nitrogens with zero attached hydrogens (tertiary/aromatic N) is 2. The molecule has 1 amide bonds. The summed E-state index contributed by atoms with van der Waals surface area (Å²) in [5, 5.41) is 33.1. The summed E-state index contributed by atoms with van der Waals surface area (Å²) < 4.78 is 11.9. The molecule has 1 aliphatic heterocycles. The van der Waals surface area contributed by atoms with E-state index in [2.05, 4.69) is 38.4 Å². The van der Waals surface area contributed by atoms with E-state index in [0.717, 1.165) is 0 Å². The number of carbonyl (C=O) groups excluding carboxylic acids is 1. The largest absolute Gasteiger partial charge is 0.494 e. The average molecular weight is 599 g/mol. The van der Waals surface area contributed by atoms with Gasteiger partial charge in [0, 0.05) is 36.0 Å². The molecule has 0 bridgehead atoms. The van der Waals surface area contributed by atoms with Crippen molar-refractivity contribution in [3.05, 3.63) is 58.1 Å². The van der Waals surface area contributed by atoms with E-state index in [1.54, 1.807) is 18.2 Å². The Hall–Kier alpha value is -3.85. The van der Waals surface area contributed by atoms with Gasteiger partial charge in [0.05, 0.1) is 28.3 Å². The number of aromatic carboxylic acids is 2. The van der Waals surface area contributed by atoms with Crippen molar-refractivity contribution in [2.24, 2.45) is 10.8 Å². The van der Waals surface area contributed by atoms with Gasteiger partial charge in [-0.3, -0.25) is 4.79 Å². The van der Waals surface area contributed by atoms with Gasteiger partial charge in [0.15, 0.2) is 0 Å². The first-order valence-corrected chi connectivity index (χ1v) is 14.0. The lowest BCUT2D eigenvalue weighted by Crippen LogP contribution is -2.75. The third-order valence-corrected chi connectivity index (χ3v) is 8.39. The molecule has 1 aliphatic carbocycles. The van der Waals surface area contributed by atoms with Crippen molar-refractivity contribution in [2.45, 2.75) is 58.7 Å². The molecule has 224 valence electrons. The predicted octanol–water partition coefficient (Wildman–Crippen LogP) is 3.95. The fourth-order valence-corrected chi connectivity index (χ4v) is 6.47. The summed E-state index contributed by atoms with van der Waals surface area (Å²) in [4.78, 5) is 35.8. The number of benzene rings is 2. The summed E-state index contributed by atoms with van der Waals surface area (Å²) in [6, 6.07) is 10.4. The zero-order chi connectivity index (χ0) is 30.8. The number of nitriles is 1. The number of hydrogen-bond donors (Lipinski definition) is 4. The number of hydrazine groups is 1. The van der Waals surface area contributed by atoms with E-state index in [-0.39, 0.29) is 58.4 Å². The number of carboxylic acids is 2. The predicted molar refractivity (Wildman–Crippen MR) is 154 cm³/mol. The lowest BCUT2D eigenvalue weighted by atomic mass is 9.49. The summed E-state index contributed by atoms with van der Waals surface area (Å²) >= 11 is 6.18.